The van der Waals surface area contributed by atoms with Crippen LogP contribution in [0.4, 0.5) is 0 Å². The fourth-order valence-corrected chi connectivity index (χ4v) is 2.76. The quantitative estimate of drug-likeness (QED) is 0.922. The summed E-state index contributed by atoms with van der Waals surface area (Å²) in [5.74, 6) is 1.24. The highest BCUT2D eigenvalue weighted by atomic mass is 16.5. The van der Waals surface area contributed by atoms with E-state index in [2.05, 4.69) is 12.1 Å². The van der Waals surface area contributed by atoms with Gasteiger partial charge < -0.3 is 15.2 Å². The summed E-state index contributed by atoms with van der Waals surface area (Å²) in [7, 11) is 1.60. The van der Waals surface area contributed by atoms with Crippen molar-refractivity contribution >= 4 is 0 Å². The fourth-order valence-electron chi connectivity index (χ4n) is 2.76. The van der Waals surface area contributed by atoms with E-state index in [0.717, 1.165) is 16.7 Å². The molecule has 0 amide bonds. The molecule has 2 N–H and O–H groups in total. The van der Waals surface area contributed by atoms with Crippen molar-refractivity contribution in [1.29, 1.82) is 5.26 Å². The van der Waals surface area contributed by atoms with Crippen LogP contribution >= 0.6 is 0 Å². The second-order valence-electron chi connectivity index (χ2n) is 5.24. The highest BCUT2D eigenvalue weighted by Gasteiger charge is 2.30. The summed E-state index contributed by atoms with van der Waals surface area (Å²) in [6, 6.07) is 15.8. The molecule has 1 heterocycles. The maximum atomic E-state index is 9.50. The molecule has 2 aromatic rings. The zero-order chi connectivity index (χ0) is 15.7. The Balaban J connectivity index is 2.21. The third-order valence-electron chi connectivity index (χ3n) is 3.80. The van der Waals surface area contributed by atoms with Crippen molar-refractivity contribution in [1.82, 2.24) is 0 Å². The van der Waals surface area contributed by atoms with Crippen LogP contribution < -0.4 is 15.2 Å². The highest BCUT2D eigenvalue weighted by Crippen LogP contribution is 2.43. The fraction of sp³-hybridized carbons (Fsp3) is 0.167. The number of nitrogens with zero attached hydrogens (tertiary/aromatic N) is 1. The van der Waals surface area contributed by atoms with Crippen LogP contribution in [0.25, 0.3) is 0 Å². The number of fused-ring (bicyclic) bond motifs is 1. The van der Waals surface area contributed by atoms with Gasteiger partial charge in [-0.15, -0.1) is 0 Å². The van der Waals surface area contributed by atoms with E-state index in [-0.39, 0.29) is 11.8 Å². The predicted molar refractivity (Wildman–Crippen MR) is 83.5 cm³/mol. The molecule has 4 heteroatoms. The average molecular weight is 292 g/mol. The van der Waals surface area contributed by atoms with Gasteiger partial charge in [-0.1, -0.05) is 35.9 Å². The topological polar surface area (TPSA) is 68.3 Å². The number of nitriles is 1. The van der Waals surface area contributed by atoms with Gasteiger partial charge in [0.05, 0.1) is 13.0 Å². The van der Waals surface area contributed by atoms with Gasteiger partial charge in [-0.2, -0.15) is 5.26 Å². The van der Waals surface area contributed by atoms with Gasteiger partial charge in [-0.25, -0.2) is 0 Å². The summed E-state index contributed by atoms with van der Waals surface area (Å²) >= 11 is 0. The molecule has 1 aliphatic heterocycles. The lowest BCUT2D eigenvalue weighted by Crippen LogP contribution is -2.21. The monoisotopic (exact) mass is 292 g/mol. The second-order valence-corrected chi connectivity index (χ2v) is 5.24. The van der Waals surface area contributed by atoms with Crippen molar-refractivity contribution in [2.45, 2.75) is 12.8 Å². The van der Waals surface area contributed by atoms with Crippen molar-refractivity contribution < 1.29 is 9.47 Å². The van der Waals surface area contributed by atoms with E-state index in [1.807, 2.05) is 37.3 Å². The van der Waals surface area contributed by atoms with Crippen LogP contribution in [-0.4, -0.2) is 7.11 Å². The first-order valence-corrected chi connectivity index (χ1v) is 6.96. The summed E-state index contributed by atoms with van der Waals surface area (Å²) in [6.07, 6.45) is 0. The van der Waals surface area contributed by atoms with Crippen LogP contribution in [0.15, 0.2) is 53.9 Å². The van der Waals surface area contributed by atoms with Crippen LogP contribution in [0.2, 0.25) is 0 Å². The van der Waals surface area contributed by atoms with Crippen LogP contribution in [0, 0.1) is 18.3 Å². The molecule has 22 heavy (non-hydrogen) atoms. The van der Waals surface area contributed by atoms with Crippen LogP contribution in [0.1, 0.15) is 22.6 Å². The van der Waals surface area contributed by atoms with E-state index in [9.17, 15) is 5.26 Å². The lowest BCUT2D eigenvalue weighted by atomic mass is 9.83. The molecular formula is C18H16N2O2. The van der Waals surface area contributed by atoms with Crippen LogP contribution in [0.3, 0.4) is 0 Å². The smallest absolute Gasteiger partial charge is 0.205 e. The molecule has 0 aliphatic carbocycles. The lowest BCUT2D eigenvalue weighted by Gasteiger charge is -2.26. The molecule has 1 atom stereocenters. The molecular weight excluding hydrogens is 276 g/mol. The maximum Gasteiger partial charge on any atom is 0.205 e. The first kappa shape index (κ1) is 14.0. The molecule has 1 aliphatic rings. The van der Waals surface area contributed by atoms with Crippen molar-refractivity contribution in [2.24, 2.45) is 5.73 Å². The Bertz CT molecular complexity index is 803. The number of rotatable bonds is 2. The Morgan fingerprint density at radius 2 is 2.05 bits per heavy atom. The predicted octanol–water partition coefficient (Wildman–Crippen LogP) is 3.22. The first-order valence-electron chi connectivity index (χ1n) is 6.96. The van der Waals surface area contributed by atoms with Crippen LogP contribution in [-0.2, 0) is 0 Å². The Kier molecular flexibility index (Phi) is 3.48. The normalized spacial score (nSPS) is 16.5. The number of nitrogens with two attached hydrogens (primary N) is 1. The summed E-state index contributed by atoms with van der Waals surface area (Å²) < 4.78 is 10.8. The molecule has 3 rings (SSSR count). The number of aryl methyl sites for hydroxylation is 1. The number of hydrogen-bond donors (Lipinski definition) is 1. The minimum atomic E-state index is -0.223. The van der Waals surface area contributed by atoms with Gasteiger partial charge >= 0.3 is 0 Å². The SMILES string of the molecule is COc1ccc2c(c1)OC(N)=C(C#N)[C@H]2c1cccc(C)c1. The molecule has 0 aromatic heterocycles. The minimum Gasteiger partial charge on any atom is -0.497 e. The molecule has 0 radical (unpaired) electrons. The van der Waals surface area contributed by atoms with Gasteiger partial charge in [0, 0.05) is 11.6 Å². The summed E-state index contributed by atoms with van der Waals surface area (Å²) in [5.41, 5.74) is 9.46. The van der Waals surface area contributed by atoms with Crippen molar-refractivity contribution in [2.75, 3.05) is 7.11 Å². The van der Waals surface area contributed by atoms with Gasteiger partial charge in [0.15, 0.2) is 0 Å². The number of allylic oxidation sites excluding steroid dienone is 1. The van der Waals surface area contributed by atoms with E-state index in [1.165, 1.54) is 0 Å². The molecule has 110 valence electrons. The zero-order valence-electron chi connectivity index (χ0n) is 12.5. The largest absolute Gasteiger partial charge is 0.497 e. The van der Waals surface area contributed by atoms with Gasteiger partial charge in [-0.05, 0) is 18.6 Å². The maximum absolute atomic E-state index is 9.50. The molecule has 0 bridgehead atoms. The molecule has 0 saturated carbocycles. The van der Waals surface area contributed by atoms with Gasteiger partial charge in [0.2, 0.25) is 5.88 Å². The molecule has 0 saturated heterocycles. The molecule has 0 unspecified atom stereocenters. The number of hydrogen-bond acceptors (Lipinski definition) is 4. The Hall–Kier alpha value is -2.93. The Labute approximate surface area is 129 Å². The van der Waals surface area contributed by atoms with E-state index in [1.54, 1.807) is 13.2 Å². The van der Waals surface area contributed by atoms with Gasteiger partial charge in [0.1, 0.15) is 23.1 Å². The van der Waals surface area contributed by atoms with E-state index in [0.29, 0.717) is 17.1 Å². The van der Waals surface area contributed by atoms with E-state index >= 15 is 0 Å². The molecule has 2 aromatic carbocycles. The zero-order valence-corrected chi connectivity index (χ0v) is 12.5. The van der Waals surface area contributed by atoms with Gasteiger partial charge in [-0.3, -0.25) is 0 Å². The first-order chi connectivity index (χ1) is 10.6. The standard InChI is InChI=1S/C18H16N2O2/c1-11-4-3-5-12(8-11)17-14-7-6-13(21-2)9-16(14)22-18(20)15(17)10-19/h3-9,17H,20H2,1-2H3/t17-/m0/s1. The Morgan fingerprint density at radius 3 is 2.73 bits per heavy atom. The number of ether oxygens (including phenoxy) is 2. The Morgan fingerprint density at radius 1 is 1.23 bits per heavy atom. The number of benzene rings is 2. The minimum absolute atomic E-state index is 0.148. The van der Waals surface area contributed by atoms with Crippen molar-refractivity contribution in [3.63, 3.8) is 0 Å². The van der Waals surface area contributed by atoms with Crippen molar-refractivity contribution in [3.8, 4) is 17.6 Å². The average Bonchev–Trinajstić information content (AvgIpc) is 2.52. The summed E-state index contributed by atoms with van der Waals surface area (Å²) in [5, 5.41) is 9.50. The van der Waals surface area contributed by atoms with Crippen molar-refractivity contribution in [3.05, 3.63) is 70.6 Å². The molecule has 0 fully saturated rings. The lowest BCUT2D eigenvalue weighted by molar-refractivity contribution is 0.381. The van der Waals surface area contributed by atoms with Crippen LogP contribution in [0.5, 0.6) is 11.5 Å². The molecule has 0 spiro atoms. The van der Waals surface area contributed by atoms with E-state index < -0.39 is 0 Å². The third kappa shape index (κ3) is 2.27. The molecule has 4 nitrogen and oxygen atoms in total. The second kappa shape index (κ2) is 5.45. The number of methoxy groups -OCH3 is 1. The van der Waals surface area contributed by atoms with Gasteiger partial charge in [0.25, 0.3) is 0 Å². The highest BCUT2D eigenvalue weighted by molar-refractivity contribution is 5.57. The summed E-state index contributed by atoms with van der Waals surface area (Å²) in [4.78, 5) is 0. The van der Waals surface area contributed by atoms with E-state index in [4.69, 9.17) is 15.2 Å². The summed E-state index contributed by atoms with van der Waals surface area (Å²) in [6.45, 7) is 2.02. The third-order valence-corrected chi connectivity index (χ3v) is 3.80.